The van der Waals surface area contributed by atoms with Gasteiger partial charge in [0.25, 0.3) is 0 Å². The largest absolute Gasteiger partial charge is 0.347 e. The van der Waals surface area contributed by atoms with E-state index < -0.39 is 8.38 Å². The van der Waals surface area contributed by atoms with Crippen molar-refractivity contribution in [3.05, 3.63) is 30.3 Å². The second-order valence-corrected chi connectivity index (χ2v) is 5.41. The zero-order valence-electron chi connectivity index (χ0n) is 11.4. The van der Waals surface area contributed by atoms with Crippen molar-refractivity contribution >= 4 is 13.7 Å². The third kappa shape index (κ3) is 9.55. The van der Waals surface area contributed by atoms with Crippen molar-refractivity contribution in [3.63, 3.8) is 0 Å². The van der Waals surface area contributed by atoms with E-state index in [4.69, 9.17) is 15.5 Å². The fourth-order valence-electron chi connectivity index (χ4n) is 1.54. The molecule has 4 heteroatoms. The van der Waals surface area contributed by atoms with E-state index in [0.29, 0.717) is 11.3 Å². The zero-order valence-corrected chi connectivity index (χ0v) is 12.3. The zero-order chi connectivity index (χ0) is 13.8. The average molecular weight is 271 g/mol. The Bertz CT molecular complexity index is 280. The number of unbranched alkanes of at least 4 members (excludes halogenated alkanes) is 1. The van der Waals surface area contributed by atoms with Crippen molar-refractivity contribution in [3.8, 4) is 0 Å². The third-order valence-corrected chi connectivity index (χ3v) is 3.34. The first-order valence-electron chi connectivity index (χ1n) is 6.60. The summed E-state index contributed by atoms with van der Waals surface area (Å²) in [5, 5.41) is 0.590. The summed E-state index contributed by atoms with van der Waals surface area (Å²) in [6.45, 7) is 4.39. The fraction of sp³-hybridized carbons (Fsp3) is 0.571. The Morgan fingerprint density at radius 1 is 1.06 bits per heavy atom. The maximum Gasteiger partial charge on any atom is 0.199 e. The molecule has 0 radical (unpaired) electrons. The molecule has 1 atom stereocenters. The summed E-state index contributed by atoms with van der Waals surface area (Å²) in [4.78, 5) is 17.3. The molecule has 1 aromatic carbocycles. The highest BCUT2D eigenvalue weighted by Gasteiger charge is 1.99. The Morgan fingerprint density at radius 2 is 1.67 bits per heavy atom. The molecular weight excluding hydrogens is 245 g/mol. The molecule has 18 heavy (non-hydrogen) atoms. The minimum absolute atomic E-state index is 0.468. The van der Waals surface area contributed by atoms with Gasteiger partial charge in [-0.3, -0.25) is 0 Å². The first kappa shape index (κ1) is 17.5. The van der Waals surface area contributed by atoms with E-state index in [1.165, 1.54) is 32.1 Å². The van der Waals surface area contributed by atoms with Crippen LogP contribution in [0.3, 0.4) is 0 Å². The van der Waals surface area contributed by atoms with Crippen molar-refractivity contribution in [2.24, 2.45) is 5.73 Å². The molecule has 0 saturated carbocycles. The standard InChI is InChI=1S/C8H19N.C6H7O2P/c1-3-5-7-8(9)6-4-2;7-9(8)6-4-2-1-3-5-6/h8H,3-7,9H2,1-2H3;1-5,7-8H. The molecule has 0 spiro atoms. The Balaban J connectivity index is 0.000000321. The van der Waals surface area contributed by atoms with E-state index in [1.54, 1.807) is 24.3 Å². The molecule has 3 nitrogen and oxygen atoms in total. The average Bonchev–Trinajstić information content (AvgIpc) is 2.38. The minimum Gasteiger partial charge on any atom is -0.347 e. The molecule has 0 heterocycles. The molecule has 0 aliphatic heterocycles. The summed E-state index contributed by atoms with van der Waals surface area (Å²) in [5.74, 6) is 0. The van der Waals surface area contributed by atoms with Crippen LogP contribution in [0.25, 0.3) is 0 Å². The summed E-state index contributed by atoms with van der Waals surface area (Å²) < 4.78 is 0. The number of nitrogens with two attached hydrogens (primary N) is 1. The van der Waals surface area contributed by atoms with Crippen LogP contribution in [0.2, 0.25) is 0 Å². The van der Waals surface area contributed by atoms with Gasteiger partial charge < -0.3 is 15.5 Å². The van der Waals surface area contributed by atoms with Gasteiger partial charge in [0.15, 0.2) is 8.38 Å². The van der Waals surface area contributed by atoms with E-state index >= 15 is 0 Å². The smallest absolute Gasteiger partial charge is 0.199 e. The lowest BCUT2D eigenvalue weighted by atomic mass is 10.1. The van der Waals surface area contributed by atoms with Crippen LogP contribution < -0.4 is 11.0 Å². The van der Waals surface area contributed by atoms with E-state index in [-0.39, 0.29) is 0 Å². The predicted octanol–water partition coefficient (Wildman–Crippen LogP) is 2.91. The number of benzene rings is 1. The summed E-state index contributed by atoms with van der Waals surface area (Å²) in [6.07, 6.45) is 6.20. The normalized spacial score (nSPS) is 11.9. The van der Waals surface area contributed by atoms with Gasteiger partial charge in [0.1, 0.15) is 0 Å². The maximum absolute atomic E-state index is 8.64. The van der Waals surface area contributed by atoms with E-state index in [1.807, 2.05) is 6.07 Å². The predicted molar refractivity (Wildman–Crippen MR) is 79.8 cm³/mol. The molecule has 1 unspecified atom stereocenters. The topological polar surface area (TPSA) is 66.5 Å². The van der Waals surface area contributed by atoms with Crippen LogP contribution in [-0.2, 0) is 0 Å². The molecule has 0 amide bonds. The lowest BCUT2D eigenvalue weighted by molar-refractivity contribution is 0.497. The SMILES string of the molecule is CCCCC(N)CCC.OP(O)c1ccccc1. The lowest BCUT2D eigenvalue weighted by Gasteiger charge is -2.07. The van der Waals surface area contributed by atoms with Crippen molar-refractivity contribution in [2.45, 2.75) is 52.0 Å². The molecule has 0 fully saturated rings. The highest BCUT2D eigenvalue weighted by atomic mass is 31.2. The van der Waals surface area contributed by atoms with Crippen LogP contribution >= 0.6 is 8.38 Å². The summed E-state index contributed by atoms with van der Waals surface area (Å²) >= 11 is 0. The summed E-state index contributed by atoms with van der Waals surface area (Å²) in [6, 6.07) is 9.23. The molecule has 4 N–H and O–H groups in total. The van der Waals surface area contributed by atoms with Gasteiger partial charge in [-0.1, -0.05) is 51.3 Å². The monoisotopic (exact) mass is 271 g/mol. The second kappa shape index (κ2) is 11.6. The Labute approximate surface area is 112 Å². The summed E-state index contributed by atoms with van der Waals surface area (Å²) in [5.41, 5.74) is 5.77. The van der Waals surface area contributed by atoms with Gasteiger partial charge >= 0.3 is 0 Å². The van der Waals surface area contributed by atoms with E-state index in [9.17, 15) is 0 Å². The van der Waals surface area contributed by atoms with Crippen LogP contribution in [0.15, 0.2) is 30.3 Å². The molecule has 0 bridgehead atoms. The van der Waals surface area contributed by atoms with Crippen molar-refractivity contribution < 1.29 is 9.79 Å². The first-order chi connectivity index (χ1) is 8.61. The van der Waals surface area contributed by atoms with Crippen molar-refractivity contribution in [1.29, 1.82) is 0 Å². The van der Waals surface area contributed by atoms with E-state index in [0.717, 1.165) is 0 Å². The highest BCUT2D eigenvalue weighted by Crippen LogP contribution is 2.20. The first-order valence-corrected chi connectivity index (χ1v) is 7.85. The van der Waals surface area contributed by atoms with Gasteiger partial charge in [0.2, 0.25) is 0 Å². The molecule has 0 saturated heterocycles. The van der Waals surface area contributed by atoms with Crippen LogP contribution in [-0.4, -0.2) is 15.8 Å². The number of rotatable bonds is 6. The lowest BCUT2D eigenvalue weighted by Crippen LogP contribution is -2.18. The number of hydrogen-bond donors (Lipinski definition) is 3. The molecule has 104 valence electrons. The van der Waals surface area contributed by atoms with Crippen molar-refractivity contribution in [2.75, 3.05) is 0 Å². The van der Waals surface area contributed by atoms with Gasteiger partial charge in [-0.05, 0) is 25.0 Å². The van der Waals surface area contributed by atoms with Gasteiger partial charge in [-0.2, -0.15) is 0 Å². The molecular formula is C14H26NO2P. The molecule has 0 aliphatic rings. The van der Waals surface area contributed by atoms with Gasteiger partial charge in [-0.15, -0.1) is 0 Å². The van der Waals surface area contributed by atoms with Gasteiger partial charge in [0, 0.05) is 11.3 Å². The molecule has 1 rings (SSSR count). The Hall–Kier alpha value is -0.470. The van der Waals surface area contributed by atoms with Crippen LogP contribution in [0.4, 0.5) is 0 Å². The van der Waals surface area contributed by atoms with Crippen LogP contribution in [0.5, 0.6) is 0 Å². The quantitative estimate of drug-likeness (QED) is 0.697. The highest BCUT2D eigenvalue weighted by molar-refractivity contribution is 7.53. The summed E-state index contributed by atoms with van der Waals surface area (Å²) in [7, 11) is -1.90. The second-order valence-electron chi connectivity index (χ2n) is 4.32. The van der Waals surface area contributed by atoms with Gasteiger partial charge in [0.05, 0.1) is 0 Å². The minimum atomic E-state index is -1.90. The third-order valence-electron chi connectivity index (χ3n) is 2.58. The van der Waals surface area contributed by atoms with Crippen LogP contribution in [0.1, 0.15) is 46.0 Å². The molecule has 1 aromatic rings. The van der Waals surface area contributed by atoms with Crippen molar-refractivity contribution in [1.82, 2.24) is 0 Å². The van der Waals surface area contributed by atoms with E-state index in [2.05, 4.69) is 13.8 Å². The molecule has 0 aliphatic carbocycles. The van der Waals surface area contributed by atoms with Gasteiger partial charge in [-0.25, -0.2) is 0 Å². The Morgan fingerprint density at radius 3 is 2.06 bits per heavy atom. The number of hydrogen-bond acceptors (Lipinski definition) is 3. The maximum atomic E-state index is 8.64. The van der Waals surface area contributed by atoms with Crippen LogP contribution in [0, 0.1) is 0 Å². The Kier molecular flexibility index (Phi) is 11.3. The molecule has 0 aromatic heterocycles. The fourth-order valence-corrected chi connectivity index (χ4v) is 1.98.